The summed E-state index contributed by atoms with van der Waals surface area (Å²) < 4.78 is 4.86. The maximum absolute atomic E-state index is 11.9. The quantitative estimate of drug-likeness (QED) is 0.452. The molecule has 136 valence electrons. The molecule has 7 nitrogen and oxygen atoms in total. The maximum Gasteiger partial charge on any atom is 0.311 e. The lowest BCUT2D eigenvalue weighted by Crippen LogP contribution is -2.22. The molecule has 0 aliphatic carbocycles. The van der Waals surface area contributed by atoms with Crippen LogP contribution >= 0.6 is 23.2 Å². The van der Waals surface area contributed by atoms with E-state index in [-0.39, 0.29) is 33.4 Å². The van der Waals surface area contributed by atoms with E-state index in [2.05, 4.69) is 5.32 Å². The molecule has 0 saturated carbocycles. The van der Waals surface area contributed by atoms with Gasteiger partial charge in [-0.3, -0.25) is 19.7 Å². The van der Waals surface area contributed by atoms with Crippen molar-refractivity contribution in [1.82, 2.24) is 0 Å². The lowest BCUT2D eigenvalue weighted by molar-refractivity contribution is -0.385. The first-order chi connectivity index (χ1) is 12.3. The molecule has 0 radical (unpaired) electrons. The zero-order chi connectivity index (χ0) is 19.3. The summed E-state index contributed by atoms with van der Waals surface area (Å²) in [7, 11) is 0. The Morgan fingerprint density at radius 1 is 1.19 bits per heavy atom. The van der Waals surface area contributed by atoms with E-state index in [0.717, 1.165) is 5.56 Å². The van der Waals surface area contributed by atoms with E-state index < -0.39 is 23.4 Å². The van der Waals surface area contributed by atoms with Gasteiger partial charge in [0.2, 0.25) is 0 Å². The second-order valence-electron chi connectivity index (χ2n) is 5.32. The van der Waals surface area contributed by atoms with Gasteiger partial charge in [0, 0.05) is 11.6 Å². The van der Waals surface area contributed by atoms with E-state index >= 15 is 0 Å². The topological polar surface area (TPSA) is 98.5 Å². The summed E-state index contributed by atoms with van der Waals surface area (Å²) in [5.41, 5.74) is 0.965. The van der Waals surface area contributed by atoms with Gasteiger partial charge in [-0.25, -0.2) is 0 Å². The highest BCUT2D eigenvalue weighted by Gasteiger charge is 2.18. The molecule has 0 heterocycles. The van der Waals surface area contributed by atoms with Crippen LogP contribution in [-0.4, -0.2) is 23.4 Å². The van der Waals surface area contributed by atoms with Gasteiger partial charge in [0.15, 0.2) is 6.61 Å². The number of ether oxygens (including phenoxy) is 1. The second kappa shape index (κ2) is 8.64. The molecule has 9 heteroatoms. The van der Waals surface area contributed by atoms with Crippen LogP contribution in [0.1, 0.15) is 11.1 Å². The number of halogens is 2. The fourth-order valence-corrected chi connectivity index (χ4v) is 2.60. The number of benzene rings is 2. The van der Waals surface area contributed by atoms with E-state index in [9.17, 15) is 19.7 Å². The lowest BCUT2D eigenvalue weighted by Gasteiger charge is -2.11. The molecule has 2 aromatic carbocycles. The van der Waals surface area contributed by atoms with Crippen LogP contribution in [0, 0.1) is 17.0 Å². The van der Waals surface area contributed by atoms with Crippen molar-refractivity contribution < 1.29 is 19.2 Å². The number of nitrogens with one attached hydrogen (secondary N) is 1. The molecule has 1 amide bonds. The standard InChI is InChI=1S/C17H14Cl2N2O5/c1-10-6-7-12(18)17(16(10)19)20-14(22)9-26-15(23)8-11-4-2-3-5-13(11)21(24)25/h2-7H,8-9H2,1H3,(H,20,22). The van der Waals surface area contributed by atoms with Crippen molar-refractivity contribution >= 4 is 46.5 Å². The van der Waals surface area contributed by atoms with Gasteiger partial charge < -0.3 is 10.1 Å². The Bertz CT molecular complexity index is 870. The number of carbonyl (C=O) groups excluding carboxylic acids is 2. The van der Waals surface area contributed by atoms with Crippen molar-refractivity contribution in [2.24, 2.45) is 0 Å². The minimum Gasteiger partial charge on any atom is -0.455 e. The molecule has 0 aromatic heterocycles. The van der Waals surface area contributed by atoms with Gasteiger partial charge in [-0.05, 0) is 18.6 Å². The summed E-state index contributed by atoms with van der Waals surface area (Å²) in [5, 5.41) is 13.9. The Hall–Kier alpha value is -2.64. The smallest absolute Gasteiger partial charge is 0.311 e. The predicted octanol–water partition coefficient (Wildman–Crippen LogP) is 3.93. The van der Waals surface area contributed by atoms with Gasteiger partial charge in [0.25, 0.3) is 11.6 Å². The first kappa shape index (κ1) is 19.7. The minimum absolute atomic E-state index is 0.188. The SMILES string of the molecule is Cc1ccc(Cl)c(NC(=O)COC(=O)Cc2ccccc2[N+](=O)[O-])c1Cl. The van der Waals surface area contributed by atoms with E-state index in [0.29, 0.717) is 0 Å². The third-order valence-corrected chi connectivity index (χ3v) is 4.24. The highest BCUT2D eigenvalue weighted by Crippen LogP contribution is 2.32. The van der Waals surface area contributed by atoms with Crippen LogP contribution in [0.4, 0.5) is 11.4 Å². The van der Waals surface area contributed by atoms with Crippen LogP contribution in [0.5, 0.6) is 0 Å². The second-order valence-corrected chi connectivity index (χ2v) is 6.11. The highest BCUT2D eigenvalue weighted by atomic mass is 35.5. The van der Waals surface area contributed by atoms with Gasteiger partial charge in [0.1, 0.15) is 0 Å². The minimum atomic E-state index is -0.768. The summed E-state index contributed by atoms with van der Waals surface area (Å²) in [6.07, 6.45) is -0.323. The zero-order valence-corrected chi connectivity index (χ0v) is 15.1. The molecule has 1 N–H and O–H groups in total. The number of esters is 1. The molecule has 26 heavy (non-hydrogen) atoms. The van der Waals surface area contributed by atoms with Gasteiger partial charge in [-0.1, -0.05) is 47.5 Å². The number of hydrogen-bond acceptors (Lipinski definition) is 5. The van der Waals surface area contributed by atoms with E-state index in [1.54, 1.807) is 25.1 Å². The molecule has 0 aliphatic heterocycles. The normalized spacial score (nSPS) is 10.3. The Morgan fingerprint density at radius 2 is 1.88 bits per heavy atom. The summed E-state index contributed by atoms with van der Waals surface area (Å²) in [5.74, 6) is -1.40. The predicted molar refractivity (Wildman–Crippen MR) is 97.6 cm³/mol. The van der Waals surface area contributed by atoms with E-state index in [1.807, 2.05) is 0 Å². The van der Waals surface area contributed by atoms with Crippen molar-refractivity contribution in [2.75, 3.05) is 11.9 Å². The van der Waals surface area contributed by atoms with Gasteiger partial charge in [0.05, 0.1) is 27.1 Å². The molecule has 0 atom stereocenters. The van der Waals surface area contributed by atoms with Crippen molar-refractivity contribution in [3.8, 4) is 0 Å². The molecule has 0 bridgehead atoms. The molecule has 2 rings (SSSR count). The fourth-order valence-electron chi connectivity index (χ4n) is 2.14. The largest absolute Gasteiger partial charge is 0.455 e. The molecular formula is C17H14Cl2N2O5. The van der Waals surface area contributed by atoms with Crippen molar-refractivity contribution in [1.29, 1.82) is 0 Å². The number of anilines is 1. The number of hydrogen-bond donors (Lipinski definition) is 1. The molecular weight excluding hydrogens is 383 g/mol. The molecule has 0 unspecified atom stereocenters. The Labute approximate surface area is 159 Å². The molecule has 2 aromatic rings. The van der Waals surface area contributed by atoms with Crippen molar-refractivity contribution in [3.63, 3.8) is 0 Å². The zero-order valence-electron chi connectivity index (χ0n) is 13.6. The number of para-hydroxylation sites is 1. The van der Waals surface area contributed by atoms with Crippen LogP contribution in [0.3, 0.4) is 0 Å². The fraction of sp³-hybridized carbons (Fsp3) is 0.176. The monoisotopic (exact) mass is 396 g/mol. The summed E-state index contributed by atoms with van der Waals surface area (Å²) in [4.78, 5) is 34.1. The third kappa shape index (κ3) is 4.93. The molecule has 0 fully saturated rings. The molecule has 0 spiro atoms. The number of carbonyl (C=O) groups is 2. The van der Waals surface area contributed by atoms with Crippen LogP contribution < -0.4 is 5.32 Å². The molecule has 0 aliphatic rings. The average Bonchev–Trinajstić information content (AvgIpc) is 2.60. The average molecular weight is 397 g/mol. The van der Waals surface area contributed by atoms with E-state index in [1.165, 1.54) is 18.2 Å². The van der Waals surface area contributed by atoms with Crippen LogP contribution in [0.25, 0.3) is 0 Å². The number of aryl methyl sites for hydroxylation is 1. The first-order valence-electron chi connectivity index (χ1n) is 7.42. The van der Waals surface area contributed by atoms with Crippen molar-refractivity contribution in [3.05, 3.63) is 67.7 Å². The Kier molecular flexibility index (Phi) is 6.54. The van der Waals surface area contributed by atoms with Crippen LogP contribution in [0.2, 0.25) is 10.0 Å². The van der Waals surface area contributed by atoms with E-state index in [4.69, 9.17) is 27.9 Å². The van der Waals surface area contributed by atoms with Crippen molar-refractivity contribution in [2.45, 2.75) is 13.3 Å². The number of amides is 1. The van der Waals surface area contributed by atoms with Gasteiger partial charge in [-0.15, -0.1) is 0 Å². The summed E-state index contributed by atoms with van der Waals surface area (Å²) in [6, 6.07) is 9.09. The summed E-state index contributed by atoms with van der Waals surface area (Å²) >= 11 is 12.1. The maximum atomic E-state index is 11.9. The van der Waals surface area contributed by atoms with Gasteiger partial charge in [-0.2, -0.15) is 0 Å². The van der Waals surface area contributed by atoms with Crippen LogP contribution in [-0.2, 0) is 20.7 Å². The molecule has 0 saturated heterocycles. The lowest BCUT2D eigenvalue weighted by atomic mass is 10.1. The number of nitrogens with zero attached hydrogens (tertiary/aromatic N) is 1. The Morgan fingerprint density at radius 3 is 2.58 bits per heavy atom. The third-order valence-electron chi connectivity index (χ3n) is 3.44. The number of nitro benzene ring substituents is 1. The van der Waals surface area contributed by atoms with Gasteiger partial charge >= 0.3 is 5.97 Å². The van der Waals surface area contributed by atoms with Crippen LogP contribution in [0.15, 0.2) is 36.4 Å². The number of rotatable bonds is 6. The highest BCUT2D eigenvalue weighted by molar-refractivity contribution is 6.40. The summed E-state index contributed by atoms with van der Waals surface area (Å²) in [6.45, 7) is 1.18. The first-order valence-corrected chi connectivity index (χ1v) is 8.17. The number of nitro groups is 1. The Balaban J connectivity index is 1.95.